The van der Waals surface area contributed by atoms with Crippen LogP contribution >= 0.6 is 11.6 Å². The van der Waals surface area contributed by atoms with Crippen molar-refractivity contribution in [3.8, 4) is 5.69 Å². The first-order chi connectivity index (χ1) is 9.08. The van der Waals surface area contributed by atoms with E-state index in [1.807, 2.05) is 30.3 Å². The summed E-state index contributed by atoms with van der Waals surface area (Å²) >= 11 is 6.13. The van der Waals surface area contributed by atoms with E-state index in [0.29, 0.717) is 10.8 Å². The highest BCUT2D eigenvalue weighted by molar-refractivity contribution is 6.31. The molecule has 1 heterocycles. The van der Waals surface area contributed by atoms with Gasteiger partial charge in [0.25, 0.3) is 5.56 Å². The number of nitrogen functional groups attached to an aromatic ring is 1. The van der Waals surface area contributed by atoms with E-state index < -0.39 is 0 Å². The number of nitrogens with zero attached hydrogens (tertiary/aromatic N) is 2. The van der Waals surface area contributed by atoms with Crippen molar-refractivity contribution >= 4 is 28.2 Å². The number of nitrogens with two attached hydrogens (primary N) is 1. The topological polar surface area (TPSA) is 52.9 Å². The van der Waals surface area contributed by atoms with E-state index in [1.54, 1.807) is 17.8 Å². The minimum Gasteiger partial charge on any atom is -0.384 e. The number of anilines is 1. The summed E-state index contributed by atoms with van der Waals surface area (Å²) in [6.07, 6.45) is 0. The average molecular weight is 274 g/mol. The van der Waals surface area contributed by atoms with Crippen molar-refractivity contribution in [1.29, 1.82) is 0 Å². The van der Waals surface area contributed by atoms with Crippen LogP contribution < -0.4 is 11.3 Å². The predicted octanol–water partition coefficient (Wildman–Crippen LogP) is 2.56. The molecule has 3 aromatic rings. The van der Waals surface area contributed by atoms with Gasteiger partial charge in [-0.2, -0.15) is 0 Å². The lowest BCUT2D eigenvalue weighted by molar-refractivity contribution is 0.658. The molecular weight excluding hydrogens is 262 g/mol. The highest BCUT2D eigenvalue weighted by Gasteiger charge is 2.11. The quantitative estimate of drug-likeness (QED) is 0.741. The zero-order valence-corrected chi connectivity index (χ0v) is 11.1. The molecule has 0 unspecified atom stereocenters. The van der Waals surface area contributed by atoms with E-state index in [1.165, 1.54) is 10.7 Å². The molecular formula is C14H12ClN3O. The van der Waals surface area contributed by atoms with Gasteiger partial charge >= 0.3 is 0 Å². The Morgan fingerprint density at radius 1 is 1.16 bits per heavy atom. The molecule has 0 aliphatic rings. The molecule has 0 fully saturated rings. The molecule has 2 aromatic carbocycles. The van der Waals surface area contributed by atoms with Crippen molar-refractivity contribution in [3.63, 3.8) is 0 Å². The van der Waals surface area contributed by atoms with Gasteiger partial charge in [0.05, 0.1) is 5.69 Å². The molecule has 0 bridgehead atoms. The Balaban J connectivity index is 2.46. The van der Waals surface area contributed by atoms with Gasteiger partial charge in [0.15, 0.2) is 0 Å². The highest BCUT2D eigenvalue weighted by Crippen LogP contribution is 2.26. The van der Waals surface area contributed by atoms with Gasteiger partial charge in [0.1, 0.15) is 5.82 Å². The third-order valence-electron chi connectivity index (χ3n) is 3.19. The Labute approximate surface area is 114 Å². The molecule has 3 rings (SSSR count). The van der Waals surface area contributed by atoms with Crippen molar-refractivity contribution in [2.75, 3.05) is 5.73 Å². The molecule has 0 spiro atoms. The first kappa shape index (κ1) is 11.9. The van der Waals surface area contributed by atoms with E-state index in [0.717, 1.165) is 16.5 Å². The molecule has 19 heavy (non-hydrogen) atoms. The second-order valence-corrected chi connectivity index (χ2v) is 4.83. The molecule has 0 aliphatic heterocycles. The van der Waals surface area contributed by atoms with Gasteiger partial charge < -0.3 is 5.73 Å². The zero-order chi connectivity index (χ0) is 13.6. The van der Waals surface area contributed by atoms with Gasteiger partial charge in [-0.3, -0.25) is 9.48 Å². The Morgan fingerprint density at radius 3 is 2.58 bits per heavy atom. The van der Waals surface area contributed by atoms with Crippen molar-refractivity contribution in [2.45, 2.75) is 0 Å². The third kappa shape index (κ3) is 1.81. The number of benzene rings is 2. The maximum Gasteiger partial charge on any atom is 0.273 e. The van der Waals surface area contributed by atoms with Gasteiger partial charge in [-0.25, -0.2) is 4.68 Å². The molecule has 0 amide bonds. The lowest BCUT2D eigenvalue weighted by Crippen LogP contribution is -2.19. The summed E-state index contributed by atoms with van der Waals surface area (Å²) in [4.78, 5) is 12.0. The third-order valence-corrected chi connectivity index (χ3v) is 3.40. The minimum atomic E-state index is -0.174. The standard InChI is InChI=1S/C14H12ClN3O/c1-17-13(16)8-14(19)18(17)12-7-10(15)6-9-4-2-3-5-11(9)12/h2-8H,16H2,1H3. The molecule has 0 atom stereocenters. The summed E-state index contributed by atoms with van der Waals surface area (Å²) in [6.45, 7) is 0. The fourth-order valence-corrected chi connectivity index (χ4v) is 2.48. The summed E-state index contributed by atoms with van der Waals surface area (Å²) < 4.78 is 3.13. The Bertz CT molecular complexity index is 832. The summed E-state index contributed by atoms with van der Waals surface area (Å²) in [7, 11) is 1.74. The monoisotopic (exact) mass is 273 g/mol. The van der Waals surface area contributed by atoms with Crippen LogP contribution in [0.3, 0.4) is 0 Å². The SMILES string of the molecule is Cn1c(N)cc(=O)n1-c1cc(Cl)cc2ccccc12. The molecule has 2 N–H and O–H groups in total. The summed E-state index contributed by atoms with van der Waals surface area (Å²) in [6, 6.07) is 12.8. The molecule has 1 aromatic heterocycles. The average Bonchev–Trinajstić information content (AvgIpc) is 2.62. The molecule has 0 saturated heterocycles. The number of aromatic nitrogens is 2. The lowest BCUT2D eigenvalue weighted by atomic mass is 10.1. The molecule has 0 saturated carbocycles. The van der Waals surface area contributed by atoms with E-state index in [4.69, 9.17) is 17.3 Å². The second kappa shape index (κ2) is 4.17. The first-order valence-electron chi connectivity index (χ1n) is 5.81. The van der Waals surface area contributed by atoms with Crippen molar-refractivity contribution in [2.24, 2.45) is 7.05 Å². The van der Waals surface area contributed by atoms with Gasteiger partial charge in [-0.1, -0.05) is 35.9 Å². The second-order valence-electron chi connectivity index (χ2n) is 4.39. The number of fused-ring (bicyclic) bond motifs is 1. The molecule has 4 nitrogen and oxygen atoms in total. The van der Waals surface area contributed by atoms with E-state index in [-0.39, 0.29) is 5.56 Å². The Hall–Kier alpha value is -2.20. The van der Waals surface area contributed by atoms with Crippen LogP contribution in [0.15, 0.2) is 47.3 Å². The van der Waals surface area contributed by atoms with Crippen LogP contribution in [0.25, 0.3) is 16.5 Å². The smallest absolute Gasteiger partial charge is 0.273 e. The van der Waals surface area contributed by atoms with E-state index >= 15 is 0 Å². The Morgan fingerprint density at radius 2 is 1.89 bits per heavy atom. The van der Waals surface area contributed by atoms with Gasteiger partial charge in [0, 0.05) is 23.5 Å². The van der Waals surface area contributed by atoms with Crippen molar-refractivity contribution in [1.82, 2.24) is 9.36 Å². The summed E-state index contributed by atoms with van der Waals surface area (Å²) in [5, 5.41) is 2.52. The number of hydrogen-bond donors (Lipinski definition) is 1. The van der Waals surface area contributed by atoms with E-state index in [2.05, 4.69) is 0 Å². The highest BCUT2D eigenvalue weighted by atomic mass is 35.5. The van der Waals surface area contributed by atoms with E-state index in [9.17, 15) is 4.79 Å². The van der Waals surface area contributed by atoms with Crippen LogP contribution in [0.1, 0.15) is 0 Å². The van der Waals surface area contributed by atoms with Crippen LogP contribution in [0.4, 0.5) is 5.82 Å². The van der Waals surface area contributed by atoms with Gasteiger partial charge in [-0.05, 0) is 17.5 Å². The molecule has 0 aliphatic carbocycles. The number of rotatable bonds is 1. The zero-order valence-electron chi connectivity index (χ0n) is 10.3. The fraction of sp³-hybridized carbons (Fsp3) is 0.0714. The largest absolute Gasteiger partial charge is 0.384 e. The normalized spacial score (nSPS) is 11.1. The maximum absolute atomic E-state index is 12.0. The van der Waals surface area contributed by atoms with Crippen LogP contribution in [-0.2, 0) is 7.05 Å². The van der Waals surface area contributed by atoms with Gasteiger partial charge in [-0.15, -0.1) is 0 Å². The van der Waals surface area contributed by atoms with Crippen LogP contribution in [-0.4, -0.2) is 9.36 Å². The molecule has 0 radical (unpaired) electrons. The molecule has 96 valence electrons. The minimum absolute atomic E-state index is 0.174. The van der Waals surface area contributed by atoms with Gasteiger partial charge in [0.2, 0.25) is 0 Å². The van der Waals surface area contributed by atoms with Crippen LogP contribution in [0.2, 0.25) is 5.02 Å². The fourth-order valence-electron chi connectivity index (χ4n) is 2.25. The van der Waals surface area contributed by atoms with Crippen molar-refractivity contribution < 1.29 is 0 Å². The predicted molar refractivity (Wildman–Crippen MR) is 77.9 cm³/mol. The lowest BCUT2D eigenvalue weighted by Gasteiger charge is -2.12. The number of halogens is 1. The van der Waals surface area contributed by atoms with Crippen molar-refractivity contribution in [3.05, 3.63) is 57.8 Å². The van der Waals surface area contributed by atoms with Crippen LogP contribution in [0.5, 0.6) is 0 Å². The maximum atomic E-state index is 12.0. The van der Waals surface area contributed by atoms with Crippen LogP contribution in [0, 0.1) is 0 Å². The Kier molecular flexibility index (Phi) is 2.61. The first-order valence-corrected chi connectivity index (χ1v) is 6.19. The summed E-state index contributed by atoms with van der Waals surface area (Å²) in [5.74, 6) is 0.411. The summed E-state index contributed by atoms with van der Waals surface area (Å²) in [5.41, 5.74) is 6.33. The number of hydrogen-bond acceptors (Lipinski definition) is 2. The molecule has 5 heteroatoms.